The van der Waals surface area contributed by atoms with E-state index in [2.05, 4.69) is 20.8 Å². The van der Waals surface area contributed by atoms with Gasteiger partial charge in [0.25, 0.3) is 0 Å². The van der Waals surface area contributed by atoms with Gasteiger partial charge in [-0.3, -0.25) is 0 Å². The van der Waals surface area contributed by atoms with Gasteiger partial charge in [0, 0.05) is 19.1 Å². The van der Waals surface area contributed by atoms with Crippen molar-refractivity contribution in [3.63, 3.8) is 0 Å². The van der Waals surface area contributed by atoms with E-state index in [1.165, 1.54) is 0 Å². The Kier molecular flexibility index (Phi) is 6.07. The zero-order chi connectivity index (χ0) is 15.8. The van der Waals surface area contributed by atoms with Crippen molar-refractivity contribution in [1.82, 2.24) is 4.31 Å². The lowest BCUT2D eigenvalue weighted by atomic mass is 9.87. The van der Waals surface area contributed by atoms with E-state index in [-0.39, 0.29) is 29.8 Å². The molecular formula is C16H27ClN2O2S. The SMILES string of the molecule is CC1CN(S(=O)(=O)c2ccc(C(C)(C)C)cc2)CCC1N.Cl. The molecular weight excluding hydrogens is 320 g/mol. The predicted octanol–water partition coefficient (Wildman–Crippen LogP) is 2.76. The standard InChI is InChI=1S/C16H26N2O2S.ClH/c1-12-11-18(10-9-15(12)17)21(19,20)14-7-5-13(6-8-14)16(2,3)4;/h5-8,12,15H,9-11,17H2,1-4H3;1H. The number of nitrogens with zero attached hydrogens (tertiary/aromatic N) is 1. The highest BCUT2D eigenvalue weighted by Gasteiger charge is 2.32. The molecule has 1 aliphatic heterocycles. The second-order valence-corrected chi connectivity index (χ2v) is 9.01. The lowest BCUT2D eigenvalue weighted by Crippen LogP contribution is -2.48. The van der Waals surface area contributed by atoms with Crippen LogP contribution in [0.3, 0.4) is 0 Å². The third kappa shape index (κ3) is 4.02. The Labute approximate surface area is 140 Å². The molecule has 1 aromatic carbocycles. The molecule has 2 N–H and O–H groups in total. The lowest BCUT2D eigenvalue weighted by Gasteiger charge is -2.34. The zero-order valence-electron chi connectivity index (χ0n) is 13.7. The molecule has 6 heteroatoms. The minimum Gasteiger partial charge on any atom is -0.327 e. The van der Waals surface area contributed by atoms with E-state index in [4.69, 9.17) is 5.73 Å². The molecule has 1 aromatic rings. The van der Waals surface area contributed by atoms with Gasteiger partial charge in [0.2, 0.25) is 10.0 Å². The molecule has 1 fully saturated rings. The maximum atomic E-state index is 12.7. The average Bonchev–Trinajstić information content (AvgIpc) is 2.41. The van der Waals surface area contributed by atoms with E-state index in [0.717, 1.165) is 12.0 Å². The van der Waals surface area contributed by atoms with Crippen molar-refractivity contribution in [2.45, 2.75) is 50.5 Å². The van der Waals surface area contributed by atoms with Crippen LogP contribution in [0.25, 0.3) is 0 Å². The fourth-order valence-corrected chi connectivity index (χ4v) is 4.18. The van der Waals surface area contributed by atoms with Crippen LogP contribution in [0, 0.1) is 5.92 Å². The fourth-order valence-electron chi connectivity index (χ4n) is 2.62. The zero-order valence-corrected chi connectivity index (χ0v) is 15.4. The second kappa shape index (κ2) is 6.87. The Balaban J connectivity index is 0.00000242. The number of nitrogens with two attached hydrogens (primary N) is 1. The average molecular weight is 347 g/mol. The normalized spacial score (nSPS) is 23.9. The smallest absolute Gasteiger partial charge is 0.243 e. The van der Waals surface area contributed by atoms with Gasteiger partial charge in [0.15, 0.2) is 0 Å². The van der Waals surface area contributed by atoms with Gasteiger partial charge < -0.3 is 5.73 Å². The first-order chi connectivity index (χ1) is 9.62. The molecule has 0 aromatic heterocycles. The minimum atomic E-state index is -3.40. The van der Waals surface area contributed by atoms with Gasteiger partial charge in [0.1, 0.15) is 0 Å². The largest absolute Gasteiger partial charge is 0.327 e. The van der Waals surface area contributed by atoms with Crippen molar-refractivity contribution in [3.8, 4) is 0 Å². The van der Waals surface area contributed by atoms with Crippen LogP contribution in [0.2, 0.25) is 0 Å². The molecule has 1 saturated heterocycles. The van der Waals surface area contributed by atoms with Gasteiger partial charge in [-0.15, -0.1) is 12.4 Å². The van der Waals surface area contributed by atoms with Crippen molar-refractivity contribution >= 4 is 22.4 Å². The van der Waals surface area contributed by atoms with Gasteiger partial charge in [-0.1, -0.05) is 39.8 Å². The minimum absolute atomic E-state index is 0. The van der Waals surface area contributed by atoms with Gasteiger partial charge in [0.05, 0.1) is 4.90 Å². The van der Waals surface area contributed by atoms with Crippen LogP contribution >= 0.6 is 12.4 Å². The van der Waals surface area contributed by atoms with Crippen molar-refractivity contribution in [2.24, 2.45) is 11.7 Å². The summed E-state index contributed by atoms with van der Waals surface area (Å²) in [6.07, 6.45) is 0.723. The number of rotatable bonds is 2. The molecule has 2 rings (SSSR count). The number of hydrogen-bond acceptors (Lipinski definition) is 3. The maximum absolute atomic E-state index is 12.7. The van der Waals surface area contributed by atoms with Crippen LogP contribution in [-0.2, 0) is 15.4 Å². The fraction of sp³-hybridized carbons (Fsp3) is 0.625. The van der Waals surface area contributed by atoms with E-state index in [1.54, 1.807) is 16.4 Å². The summed E-state index contributed by atoms with van der Waals surface area (Å²) in [6, 6.07) is 7.35. The van der Waals surface area contributed by atoms with Crippen molar-refractivity contribution in [2.75, 3.05) is 13.1 Å². The van der Waals surface area contributed by atoms with E-state index in [0.29, 0.717) is 18.0 Å². The van der Waals surface area contributed by atoms with E-state index in [9.17, 15) is 8.42 Å². The Morgan fingerprint density at radius 3 is 2.18 bits per heavy atom. The van der Waals surface area contributed by atoms with E-state index >= 15 is 0 Å². The molecule has 0 radical (unpaired) electrons. The molecule has 0 saturated carbocycles. The molecule has 0 spiro atoms. The summed E-state index contributed by atoms with van der Waals surface area (Å²) in [5, 5.41) is 0. The van der Waals surface area contributed by atoms with E-state index in [1.807, 2.05) is 19.1 Å². The summed E-state index contributed by atoms with van der Waals surface area (Å²) in [5.41, 5.74) is 7.13. The van der Waals surface area contributed by atoms with Crippen LogP contribution in [0.1, 0.15) is 39.7 Å². The van der Waals surface area contributed by atoms with Crippen molar-refractivity contribution < 1.29 is 8.42 Å². The Morgan fingerprint density at radius 2 is 1.73 bits per heavy atom. The molecule has 0 bridgehead atoms. The highest BCUT2D eigenvalue weighted by atomic mass is 35.5. The van der Waals surface area contributed by atoms with Gasteiger partial charge in [-0.2, -0.15) is 4.31 Å². The molecule has 1 aliphatic rings. The third-order valence-electron chi connectivity index (χ3n) is 4.29. The van der Waals surface area contributed by atoms with Crippen LogP contribution in [0.15, 0.2) is 29.2 Å². The number of sulfonamides is 1. The Morgan fingerprint density at radius 1 is 1.18 bits per heavy atom. The summed E-state index contributed by atoms with van der Waals surface area (Å²) in [6.45, 7) is 9.37. The molecule has 0 amide bonds. The van der Waals surface area contributed by atoms with Crippen LogP contribution in [0.5, 0.6) is 0 Å². The lowest BCUT2D eigenvalue weighted by molar-refractivity contribution is 0.250. The first-order valence-electron chi connectivity index (χ1n) is 7.48. The molecule has 2 atom stereocenters. The van der Waals surface area contributed by atoms with Crippen molar-refractivity contribution in [1.29, 1.82) is 0 Å². The second-order valence-electron chi connectivity index (χ2n) is 7.07. The Hall–Kier alpha value is -0.620. The predicted molar refractivity (Wildman–Crippen MR) is 92.9 cm³/mol. The molecule has 2 unspecified atom stereocenters. The monoisotopic (exact) mass is 346 g/mol. The topological polar surface area (TPSA) is 63.4 Å². The highest BCUT2D eigenvalue weighted by Crippen LogP contribution is 2.26. The number of benzene rings is 1. The number of piperidine rings is 1. The van der Waals surface area contributed by atoms with Crippen LogP contribution in [-0.4, -0.2) is 31.9 Å². The van der Waals surface area contributed by atoms with Gasteiger partial charge in [-0.25, -0.2) is 8.42 Å². The van der Waals surface area contributed by atoms with Gasteiger partial charge >= 0.3 is 0 Å². The molecule has 0 aliphatic carbocycles. The summed E-state index contributed by atoms with van der Waals surface area (Å²) >= 11 is 0. The number of hydrogen-bond donors (Lipinski definition) is 1. The summed E-state index contributed by atoms with van der Waals surface area (Å²) in [7, 11) is -3.40. The Bertz CT molecular complexity index is 594. The quantitative estimate of drug-likeness (QED) is 0.895. The summed E-state index contributed by atoms with van der Waals surface area (Å²) < 4.78 is 26.9. The van der Waals surface area contributed by atoms with Crippen molar-refractivity contribution in [3.05, 3.63) is 29.8 Å². The molecule has 1 heterocycles. The maximum Gasteiger partial charge on any atom is 0.243 e. The first kappa shape index (κ1) is 19.4. The van der Waals surface area contributed by atoms with Gasteiger partial charge in [-0.05, 0) is 35.4 Å². The molecule has 126 valence electrons. The highest BCUT2D eigenvalue weighted by molar-refractivity contribution is 7.89. The summed E-state index contributed by atoms with van der Waals surface area (Å²) in [4.78, 5) is 0.373. The van der Waals surface area contributed by atoms with Crippen LogP contribution in [0.4, 0.5) is 0 Å². The summed E-state index contributed by atoms with van der Waals surface area (Å²) in [5.74, 6) is 0.197. The molecule has 22 heavy (non-hydrogen) atoms. The number of halogens is 1. The first-order valence-corrected chi connectivity index (χ1v) is 8.92. The third-order valence-corrected chi connectivity index (χ3v) is 6.17. The molecule has 4 nitrogen and oxygen atoms in total. The van der Waals surface area contributed by atoms with E-state index < -0.39 is 10.0 Å². The van der Waals surface area contributed by atoms with Crippen LogP contribution < -0.4 is 5.73 Å².